The Morgan fingerprint density at radius 1 is 1.36 bits per heavy atom. The minimum atomic E-state index is -2.97. The zero-order chi connectivity index (χ0) is 10.2. The van der Waals surface area contributed by atoms with Crippen LogP contribution in [0.4, 0.5) is 0 Å². The van der Waals surface area contributed by atoms with Gasteiger partial charge in [0.1, 0.15) is 0 Å². The van der Waals surface area contributed by atoms with Crippen LogP contribution in [-0.4, -0.2) is 20.2 Å². The minimum Gasteiger partial charge on any atom is -0.212 e. The normalized spacial score (nSPS) is 52.1. The van der Waals surface area contributed by atoms with E-state index >= 15 is 0 Å². The molecule has 4 heteroatoms. The lowest BCUT2D eigenvalue weighted by atomic mass is 9.69. The van der Waals surface area contributed by atoms with E-state index in [9.17, 15) is 8.42 Å². The molecule has 2 saturated carbocycles. The second-order valence-corrected chi connectivity index (χ2v) is 7.53. The van der Waals surface area contributed by atoms with Crippen molar-refractivity contribution < 1.29 is 8.42 Å². The van der Waals surface area contributed by atoms with Gasteiger partial charge in [-0.1, -0.05) is 13.8 Å². The Bertz CT molecular complexity index is 387. The number of hydrogen-bond donors (Lipinski definition) is 1. The highest BCUT2D eigenvalue weighted by molar-refractivity contribution is 7.89. The smallest absolute Gasteiger partial charge is 0.212 e. The van der Waals surface area contributed by atoms with Gasteiger partial charge in [-0.05, 0) is 30.6 Å². The van der Waals surface area contributed by atoms with Crippen LogP contribution in [0.2, 0.25) is 0 Å². The fourth-order valence-electron chi connectivity index (χ4n) is 4.18. The number of fused-ring (bicyclic) bond motifs is 1. The lowest BCUT2D eigenvalue weighted by molar-refractivity contribution is 0.146. The van der Waals surface area contributed by atoms with Gasteiger partial charge in [-0.3, -0.25) is 0 Å². The lowest BCUT2D eigenvalue weighted by Gasteiger charge is -2.36. The van der Waals surface area contributed by atoms with Gasteiger partial charge in [0.25, 0.3) is 0 Å². The third-order valence-electron chi connectivity index (χ3n) is 5.20. The zero-order valence-electron chi connectivity index (χ0n) is 8.71. The maximum atomic E-state index is 11.6. The maximum Gasteiger partial charge on any atom is 0.212 e. The van der Waals surface area contributed by atoms with Gasteiger partial charge in [-0.15, -0.1) is 0 Å². The summed E-state index contributed by atoms with van der Waals surface area (Å²) < 4.78 is 26.0. The average molecular weight is 215 g/mol. The van der Waals surface area contributed by atoms with Gasteiger partial charge < -0.3 is 0 Å². The van der Waals surface area contributed by atoms with E-state index in [1.807, 2.05) is 0 Å². The SMILES string of the molecule is CC1(C)[C@@H]2CCC13CS(=O)(=O)N[C@H]3C2. The first-order valence-corrected chi connectivity index (χ1v) is 7.03. The van der Waals surface area contributed by atoms with E-state index in [2.05, 4.69) is 18.6 Å². The third-order valence-corrected chi connectivity index (χ3v) is 6.74. The maximum absolute atomic E-state index is 11.6. The topological polar surface area (TPSA) is 46.2 Å². The van der Waals surface area contributed by atoms with Gasteiger partial charge in [0.2, 0.25) is 10.0 Å². The summed E-state index contributed by atoms with van der Waals surface area (Å²) in [6, 6.07) is 0.237. The highest BCUT2D eigenvalue weighted by atomic mass is 32.2. The molecule has 3 nitrogen and oxygen atoms in total. The van der Waals surface area contributed by atoms with Crippen LogP contribution < -0.4 is 4.72 Å². The monoisotopic (exact) mass is 215 g/mol. The molecule has 1 unspecified atom stereocenters. The largest absolute Gasteiger partial charge is 0.212 e. The van der Waals surface area contributed by atoms with E-state index in [1.54, 1.807) is 0 Å². The van der Waals surface area contributed by atoms with E-state index in [4.69, 9.17) is 0 Å². The summed E-state index contributed by atoms with van der Waals surface area (Å²) in [4.78, 5) is 0. The van der Waals surface area contributed by atoms with E-state index in [0.717, 1.165) is 18.8 Å². The Morgan fingerprint density at radius 3 is 2.64 bits per heavy atom. The Morgan fingerprint density at radius 2 is 2.07 bits per heavy atom. The molecule has 1 N–H and O–H groups in total. The van der Waals surface area contributed by atoms with Gasteiger partial charge in [0.15, 0.2) is 0 Å². The molecule has 0 amide bonds. The zero-order valence-corrected chi connectivity index (χ0v) is 9.52. The molecule has 0 aromatic carbocycles. The van der Waals surface area contributed by atoms with Crippen molar-refractivity contribution in [3.05, 3.63) is 0 Å². The molecular weight excluding hydrogens is 198 g/mol. The van der Waals surface area contributed by atoms with Crippen LogP contribution in [0.15, 0.2) is 0 Å². The van der Waals surface area contributed by atoms with E-state index < -0.39 is 10.0 Å². The van der Waals surface area contributed by atoms with E-state index in [-0.39, 0.29) is 16.9 Å². The van der Waals surface area contributed by atoms with E-state index in [0.29, 0.717) is 5.75 Å². The van der Waals surface area contributed by atoms with Crippen LogP contribution in [0.25, 0.3) is 0 Å². The molecule has 0 aromatic heterocycles. The molecule has 3 atom stereocenters. The Labute approximate surface area is 85.3 Å². The van der Waals surface area contributed by atoms with Crippen molar-refractivity contribution in [3.8, 4) is 0 Å². The molecule has 1 saturated heterocycles. The van der Waals surface area contributed by atoms with Crippen molar-refractivity contribution in [3.63, 3.8) is 0 Å². The minimum absolute atomic E-state index is 0.0521. The number of nitrogens with one attached hydrogen (secondary N) is 1. The van der Waals surface area contributed by atoms with Gasteiger partial charge in [-0.25, -0.2) is 13.1 Å². The molecule has 80 valence electrons. The molecule has 3 rings (SSSR count). The summed E-state index contributed by atoms with van der Waals surface area (Å²) in [5.74, 6) is 1.10. The van der Waals surface area contributed by atoms with Crippen LogP contribution in [0.1, 0.15) is 33.1 Å². The number of sulfonamides is 1. The number of rotatable bonds is 0. The fraction of sp³-hybridized carbons (Fsp3) is 1.00. The predicted octanol–water partition coefficient (Wildman–Crippen LogP) is 1.11. The molecule has 14 heavy (non-hydrogen) atoms. The molecule has 3 fully saturated rings. The van der Waals surface area contributed by atoms with Crippen molar-refractivity contribution in [2.75, 3.05) is 5.75 Å². The number of hydrogen-bond acceptors (Lipinski definition) is 2. The first kappa shape index (κ1) is 9.16. The third kappa shape index (κ3) is 0.807. The lowest BCUT2D eigenvalue weighted by Crippen LogP contribution is -2.39. The summed E-state index contributed by atoms with van der Waals surface area (Å²) in [5.41, 5.74) is 0.269. The standard InChI is InChI=1S/C10H17NO2S/c1-9(2)7-3-4-10(9)6-14(12,13)11-8(10)5-7/h7-8,11H,3-6H2,1-2H3/t7-,8+,10?/m1/s1. The van der Waals surface area contributed by atoms with Crippen molar-refractivity contribution in [1.82, 2.24) is 4.72 Å². The van der Waals surface area contributed by atoms with Crippen LogP contribution in [0.5, 0.6) is 0 Å². The van der Waals surface area contributed by atoms with Gasteiger partial charge >= 0.3 is 0 Å². The summed E-state index contributed by atoms with van der Waals surface area (Å²) >= 11 is 0. The van der Waals surface area contributed by atoms with Gasteiger partial charge in [0.05, 0.1) is 5.75 Å². The molecule has 1 heterocycles. The highest BCUT2D eigenvalue weighted by Crippen LogP contribution is 2.67. The Balaban J connectivity index is 2.13. The molecular formula is C10H17NO2S. The molecule has 1 spiro atoms. The van der Waals surface area contributed by atoms with Crippen molar-refractivity contribution in [2.24, 2.45) is 16.7 Å². The summed E-state index contributed by atoms with van der Waals surface area (Å²) in [7, 11) is -2.97. The van der Waals surface area contributed by atoms with Gasteiger partial charge in [0, 0.05) is 11.5 Å². The Kier molecular flexibility index (Phi) is 1.43. The summed E-state index contributed by atoms with van der Waals surface area (Å²) in [6.45, 7) is 4.51. The van der Waals surface area contributed by atoms with Crippen LogP contribution in [0, 0.1) is 16.7 Å². The second kappa shape index (κ2) is 2.19. The second-order valence-electron chi connectivity index (χ2n) is 5.78. The van der Waals surface area contributed by atoms with Crippen molar-refractivity contribution in [1.29, 1.82) is 0 Å². The van der Waals surface area contributed by atoms with Crippen molar-refractivity contribution in [2.45, 2.75) is 39.2 Å². The van der Waals surface area contributed by atoms with Crippen LogP contribution in [-0.2, 0) is 10.0 Å². The molecule has 2 aliphatic carbocycles. The predicted molar refractivity (Wildman–Crippen MR) is 54.3 cm³/mol. The van der Waals surface area contributed by atoms with Crippen molar-refractivity contribution >= 4 is 10.0 Å². The quantitative estimate of drug-likeness (QED) is 0.658. The highest BCUT2D eigenvalue weighted by Gasteiger charge is 2.68. The van der Waals surface area contributed by atoms with Crippen LogP contribution >= 0.6 is 0 Å². The molecule has 3 aliphatic rings. The van der Waals surface area contributed by atoms with Crippen LogP contribution in [0.3, 0.4) is 0 Å². The fourth-order valence-corrected chi connectivity index (χ4v) is 6.42. The molecule has 2 bridgehead atoms. The summed E-state index contributed by atoms with van der Waals surface area (Å²) in [5, 5.41) is 0. The van der Waals surface area contributed by atoms with E-state index in [1.165, 1.54) is 6.42 Å². The molecule has 0 aromatic rings. The molecule has 0 radical (unpaired) electrons. The first-order valence-electron chi connectivity index (χ1n) is 5.37. The van der Waals surface area contributed by atoms with Gasteiger partial charge in [-0.2, -0.15) is 0 Å². The first-order chi connectivity index (χ1) is 6.37. The Hall–Kier alpha value is -0.0900. The summed E-state index contributed by atoms with van der Waals surface area (Å²) in [6.07, 6.45) is 3.38. The average Bonchev–Trinajstić information content (AvgIpc) is 2.50. The molecule has 1 aliphatic heterocycles.